The molecule has 1 aliphatic rings. The van der Waals surface area contributed by atoms with Crippen LogP contribution < -0.4 is 4.90 Å². The lowest BCUT2D eigenvalue weighted by atomic mass is 9.99. The van der Waals surface area contributed by atoms with E-state index in [2.05, 4.69) is 30.1 Å². The third-order valence-electron chi connectivity index (χ3n) is 3.46. The lowest BCUT2D eigenvalue weighted by molar-refractivity contribution is 0.110. The van der Waals surface area contributed by atoms with Gasteiger partial charge in [0.15, 0.2) is 12.0 Å². The van der Waals surface area contributed by atoms with Gasteiger partial charge in [-0.25, -0.2) is 0 Å². The lowest BCUT2D eigenvalue weighted by Crippen LogP contribution is -2.24. The Balaban J connectivity index is 2.03. The molecule has 0 bridgehead atoms. The van der Waals surface area contributed by atoms with Crippen molar-refractivity contribution >= 4 is 12.0 Å². The van der Waals surface area contributed by atoms with Gasteiger partial charge in [-0.15, -0.1) is 0 Å². The Morgan fingerprint density at radius 2 is 2.17 bits per heavy atom. The highest BCUT2D eigenvalue weighted by Gasteiger charge is 2.15. The summed E-state index contributed by atoms with van der Waals surface area (Å²) in [5.74, 6) is 1.12. The number of aldehydes is 1. The molecule has 2 heterocycles. The van der Waals surface area contributed by atoms with Crippen LogP contribution in [0.15, 0.2) is 34.7 Å². The highest BCUT2D eigenvalue weighted by molar-refractivity contribution is 5.74. The third-order valence-corrected chi connectivity index (χ3v) is 3.46. The van der Waals surface area contributed by atoms with Gasteiger partial charge in [0, 0.05) is 24.8 Å². The molecular weight excluding hydrogens is 226 g/mol. The summed E-state index contributed by atoms with van der Waals surface area (Å²) in [6, 6.07) is 9.90. The molecule has 0 saturated heterocycles. The fourth-order valence-corrected chi connectivity index (χ4v) is 2.48. The van der Waals surface area contributed by atoms with Crippen LogP contribution >= 0.6 is 0 Å². The molecule has 2 aromatic rings. The number of aryl methyl sites for hydroxylation is 1. The average molecular weight is 241 g/mol. The zero-order valence-electron chi connectivity index (χ0n) is 10.3. The van der Waals surface area contributed by atoms with Gasteiger partial charge in [0.05, 0.1) is 0 Å². The van der Waals surface area contributed by atoms with Crippen LogP contribution in [-0.2, 0) is 6.42 Å². The third kappa shape index (κ3) is 1.82. The number of furan rings is 1. The van der Waals surface area contributed by atoms with Crippen molar-refractivity contribution in [2.24, 2.45) is 0 Å². The van der Waals surface area contributed by atoms with E-state index in [1.54, 1.807) is 6.07 Å². The van der Waals surface area contributed by atoms with E-state index >= 15 is 0 Å². The van der Waals surface area contributed by atoms with Crippen molar-refractivity contribution in [2.75, 3.05) is 18.5 Å². The minimum absolute atomic E-state index is 0.371. The first-order chi connectivity index (χ1) is 8.78. The Kier molecular flexibility index (Phi) is 2.67. The second kappa shape index (κ2) is 4.33. The number of nitrogens with zero attached hydrogens (tertiary/aromatic N) is 1. The lowest BCUT2D eigenvalue weighted by Gasteiger charge is -2.27. The largest absolute Gasteiger partial charge is 0.453 e. The summed E-state index contributed by atoms with van der Waals surface area (Å²) in [5.41, 5.74) is 3.67. The standard InChI is InChI=1S/C15H15NO2/c1-16-8-2-3-11-4-5-12(9-14(11)16)15-7-6-13(10-17)18-15/h4-7,9-10H,2-3,8H2,1H3. The van der Waals surface area contributed by atoms with Crippen LogP contribution in [0.5, 0.6) is 0 Å². The second-order valence-corrected chi connectivity index (χ2v) is 4.69. The molecule has 3 rings (SSSR count). The average Bonchev–Trinajstić information content (AvgIpc) is 2.88. The monoisotopic (exact) mass is 241 g/mol. The quantitative estimate of drug-likeness (QED) is 0.757. The number of hydrogen-bond donors (Lipinski definition) is 0. The van der Waals surface area contributed by atoms with E-state index in [9.17, 15) is 4.79 Å². The maximum atomic E-state index is 10.6. The van der Waals surface area contributed by atoms with Crippen LogP contribution in [0.3, 0.4) is 0 Å². The van der Waals surface area contributed by atoms with Gasteiger partial charge in [0.2, 0.25) is 0 Å². The summed E-state index contributed by atoms with van der Waals surface area (Å²) in [4.78, 5) is 12.9. The van der Waals surface area contributed by atoms with E-state index in [-0.39, 0.29) is 0 Å². The molecule has 0 atom stereocenters. The number of fused-ring (bicyclic) bond motifs is 1. The molecule has 0 unspecified atom stereocenters. The Morgan fingerprint density at radius 3 is 2.94 bits per heavy atom. The number of carbonyl (C=O) groups is 1. The van der Waals surface area contributed by atoms with Gasteiger partial charge in [-0.1, -0.05) is 12.1 Å². The van der Waals surface area contributed by atoms with E-state index in [4.69, 9.17) is 4.42 Å². The minimum Gasteiger partial charge on any atom is -0.453 e. The molecule has 0 amide bonds. The fourth-order valence-electron chi connectivity index (χ4n) is 2.48. The van der Waals surface area contributed by atoms with Crippen molar-refractivity contribution in [3.63, 3.8) is 0 Å². The van der Waals surface area contributed by atoms with Gasteiger partial charge in [-0.05, 0) is 36.6 Å². The topological polar surface area (TPSA) is 33.5 Å². The zero-order valence-corrected chi connectivity index (χ0v) is 10.3. The predicted molar refractivity (Wildman–Crippen MR) is 71.1 cm³/mol. The number of benzene rings is 1. The van der Waals surface area contributed by atoms with E-state index in [1.165, 1.54) is 17.7 Å². The molecule has 3 nitrogen and oxygen atoms in total. The normalized spacial score (nSPS) is 14.4. The smallest absolute Gasteiger partial charge is 0.185 e. The van der Waals surface area contributed by atoms with Gasteiger partial charge in [-0.2, -0.15) is 0 Å². The predicted octanol–water partition coefficient (Wildman–Crippen LogP) is 3.14. The number of hydrogen-bond acceptors (Lipinski definition) is 3. The van der Waals surface area contributed by atoms with E-state index in [0.717, 1.165) is 30.6 Å². The summed E-state index contributed by atoms with van der Waals surface area (Å²) in [6.45, 7) is 1.09. The summed E-state index contributed by atoms with van der Waals surface area (Å²) >= 11 is 0. The molecule has 0 N–H and O–H groups in total. The molecule has 0 fully saturated rings. The molecule has 0 spiro atoms. The van der Waals surface area contributed by atoms with Gasteiger partial charge in [0.1, 0.15) is 5.76 Å². The first-order valence-electron chi connectivity index (χ1n) is 6.17. The summed E-state index contributed by atoms with van der Waals surface area (Å²) in [7, 11) is 2.11. The summed E-state index contributed by atoms with van der Waals surface area (Å²) in [6.07, 6.45) is 3.07. The second-order valence-electron chi connectivity index (χ2n) is 4.69. The Labute approximate surface area is 106 Å². The van der Waals surface area contributed by atoms with Crippen LogP contribution in [0.1, 0.15) is 22.5 Å². The van der Waals surface area contributed by atoms with Crippen LogP contribution in [0.2, 0.25) is 0 Å². The molecule has 1 aromatic carbocycles. The molecular formula is C15H15NO2. The van der Waals surface area contributed by atoms with Crippen molar-refractivity contribution in [3.05, 3.63) is 41.7 Å². The van der Waals surface area contributed by atoms with Crippen molar-refractivity contribution < 1.29 is 9.21 Å². The maximum Gasteiger partial charge on any atom is 0.185 e. The fraction of sp³-hybridized carbons (Fsp3) is 0.267. The number of carbonyl (C=O) groups excluding carboxylic acids is 1. The SMILES string of the molecule is CN1CCCc2ccc(-c3ccc(C=O)o3)cc21. The molecule has 0 radical (unpaired) electrons. The Morgan fingerprint density at radius 1 is 1.28 bits per heavy atom. The van der Waals surface area contributed by atoms with Gasteiger partial charge < -0.3 is 9.32 Å². The van der Waals surface area contributed by atoms with Crippen LogP contribution in [0.25, 0.3) is 11.3 Å². The van der Waals surface area contributed by atoms with E-state index in [0.29, 0.717) is 5.76 Å². The highest BCUT2D eigenvalue weighted by atomic mass is 16.3. The van der Waals surface area contributed by atoms with Gasteiger partial charge in [-0.3, -0.25) is 4.79 Å². The molecule has 18 heavy (non-hydrogen) atoms. The molecule has 3 heteroatoms. The van der Waals surface area contributed by atoms with Crippen LogP contribution in [-0.4, -0.2) is 19.9 Å². The van der Waals surface area contributed by atoms with Crippen LogP contribution in [0, 0.1) is 0 Å². The number of anilines is 1. The van der Waals surface area contributed by atoms with Crippen molar-refractivity contribution in [1.29, 1.82) is 0 Å². The molecule has 1 aliphatic heterocycles. The van der Waals surface area contributed by atoms with Gasteiger partial charge in [0.25, 0.3) is 0 Å². The minimum atomic E-state index is 0.371. The maximum absolute atomic E-state index is 10.6. The number of rotatable bonds is 2. The molecule has 1 aromatic heterocycles. The first kappa shape index (κ1) is 11.1. The summed E-state index contributed by atoms with van der Waals surface area (Å²) < 4.78 is 5.46. The Bertz CT molecular complexity index is 586. The van der Waals surface area contributed by atoms with E-state index in [1.807, 2.05) is 6.07 Å². The molecule has 0 saturated carbocycles. The van der Waals surface area contributed by atoms with E-state index < -0.39 is 0 Å². The molecule has 92 valence electrons. The zero-order chi connectivity index (χ0) is 12.5. The van der Waals surface area contributed by atoms with Crippen molar-refractivity contribution in [1.82, 2.24) is 0 Å². The van der Waals surface area contributed by atoms with Crippen molar-refractivity contribution in [2.45, 2.75) is 12.8 Å². The highest BCUT2D eigenvalue weighted by Crippen LogP contribution is 2.31. The van der Waals surface area contributed by atoms with Crippen LogP contribution in [0.4, 0.5) is 5.69 Å². The Hall–Kier alpha value is -2.03. The first-order valence-corrected chi connectivity index (χ1v) is 6.17. The summed E-state index contributed by atoms with van der Waals surface area (Å²) in [5, 5.41) is 0. The van der Waals surface area contributed by atoms with Crippen molar-refractivity contribution in [3.8, 4) is 11.3 Å². The van der Waals surface area contributed by atoms with Gasteiger partial charge >= 0.3 is 0 Å². The molecule has 0 aliphatic carbocycles.